The van der Waals surface area contributed by atoms with Crippen LogP contribution in [0.2, 0.25) is 0 Å². The minimum Gasteiger partial charge on any atom is -0.481 e. The molecule has 1 aromatic carbocycles. The molecule has 0 aliphatic heterocycles. The Balaban J connectivity index is 2.11. The molecule has 1 aliphatic rings. The number of benzene rings is 1. The van der Waals surface area contributed by atoms with E-state index in [1.54, 1.807) is 20.0 Å². The van der Waals surface area contributed by atoms with Crippen molar-refractivity contribution >= 4 is 5.91 Å². The van der Waals surface area contributed by atoms with Crippen LogP contribution in [0.25, 0.3) is 0 Å². The number of aliphatic hydroxyl groups is 1. The van der Waals surface area contributed by atoms with Crippen LogP contribution in [-0.2, 0) is 11.2 Å². The van der Waals surface area contributed by atoms with Crippen LogP contribution in [0.5, 0.6) is 5.75 Å². The number of amides is 1. The van der Waals surface area contributed by atoms with Crippen molar-refractivity contribution in [3.63, 3.8) is 0 Å². The SMILES string of the molecule is CNC(=O)C(C)Oc1ccc2c(c1)CCC2O. The van der Waals surface area contributed by atoms with E-state index in [4.69, 9.17) is 4.74 Å². The van der Waals surface area contributed by atoms with Gasteiger partial charge in [0.15, 0.2) is 6.10 Å². The standard InChI is InChI=1S/C13H17NO3/c1-8(13(16)14-2)17-10-4-5-11-9(7-10)3-6-12(11)15/h4-5,7-8,12,15H,3,6H2,1-2H3,(H,14,16). The van der Waals surface area contributed by atoms with Gasteiger partial charge in [-0.2, -0.15) is 0 Å². The number of likely N-dealkylation sites (N-methyl/N-ethyl adjacent to an activating group) is 1. The molecule has 4 nitrogen and oxygen atoms in total. The van der Waals surface area contributed by atoms with Crippen molar-refractivity contribution in [2.75, 3.05) is 7.05 Å². The zero-order chi connectivity index (χ0) is 12.4. The van der Waals surface area contributed by atoms with Crippen LogP contribution in [-0.4, -0.2) is 24.2 Å². The molecule has 0 spiro atoms. The summed E-state index contributed by atoms with van der Waals surface area (Å²) in [6.45, 7) is 1.71. The van der Waals surface area contributed by atoms with Gasteiger partial charge in [0.25, 0.3) is 5.91 Å². The van der Waals surface area contributed by atoms with E-state index in [9.17, 15) is 9.90 Å². The molecule has 0 heterocycles. The molecule has 0 bridgehead atoms. The molecule has 0 saturated carbocycles. The summed E-state index contributed by atoms with van der Waals surface area (Å²) in [6.07, 6.45) is 0.769. The molecule has 2 atom stereocenters. The van der Waals surface area contributed by atoms with Gasteiger partial charge in [-0.1, -0.05) is 6.07 Å². The molecule has 1 amide bonds. The second kappa shape index (κ2) is 4.75. The average molecular weight is 235 g/mol. The lowest BCUT2D eigenvalue weighted by atomic mass is 10.1. The van der Waals surface area contributed by atoms with Gasteiger partial charge in [0, 0.05) is 7.05 Å². The van der Waals surface area contributed by atoms with Gasteiger partial charge in [-0.15, -0.1) is 0 Å². The monoisotopic (exact) mass is 235 g/mol. The van der Waals surface area contributed by atoms with Crippen molar-refractivity contribution in [2.24, 2.45) is 0 Å². The second-order valence-electron chi connectivity index (χ2n) is 4.29. The van der Waals surface area contributed by atoms with Gasteiger partial charge in [-0.25, -0.2) is 0 Å². The summed E-state index contributed by atoms with van der Waals surface area (Å²) in [5.41, 5.74) is 2.09. The highest BCUT2D eigenvalue weighted by Gasteiger charge is 2.21. The molecule has 0 radical (unpaired) electrons. The van der Waals surface area contributed by atoms with Crippen molar-refractivity contribution < 1.29 is 14.6 Å². The smallest absolute Gasteiger partial charge is 0.260 e. The Bertz CT molecular complexity index is 431. The summed E-state index contributed by atoms with van der Waals surface area (Å²) < 4.78 is 5.53. The predicted molar refractivity (Wildman–Crippen MR) is 63.9 cm³/mol. The maximum atomic E-state index is 11.3. The summed E-state index contributed by atoms with van der Waals surface area (Å²) in [6, 6.07) is 5.58. The third-order valence-electron chi connectivity index (χ3n) is 3.09. The van der Waals surface area contributed by atoms with Gasteiger partial charge >= 0.3 is 0 Å². The average Bonchev–Trinajstić information content (AvgIpc) is 2.69. The first-order valence-electron chi connectivity index (χ1n) is 5.81. The van der Waals surface area contributed by atoms with Crippen LogP contribution >= 0.6 is 0 Å². The van der Waals surface area contributed by atoms with Gasteiger partial charge in [0.2, 0.25) is 0 Å². The molecule has 1 aromatic rings. The third-order valence-corrected chi connectivity index (χ3v) is 3.09. The highest BCUT2D eigenvalue weighted by atomic mass is 16.5. The molecule has 0 fully saturated rings. The quantitative estimate of drug-likeness (QED) is 0.827. The van der Waals surface area contributed by atoms with Crippen molar-refractivity contribution in [2.45, 2.75) is 32.0 Å². The van der Waals surface area contributed by atoms with E-state index in [2.05, 4.69) is 5.32 Å². The van der Waals surface area contributed by atoms with E-state index in [0.717, 1.165) is 24.0 Å². The Morgan fingerprint density at radius 1 is 1.59 bits per heavy atom. The van der Waals surface area contributed by atoms with E-state index >= 15 is 0 Å². The van der Waals surface area contributed by atoms with Gasteiger partial charge < -0.3 is 15.2 Å². The number of carbonyl (C=O) groups excluding carboxylic acids is 1. The number of fused-ring (bicyclic) bond motifs is 1. The number of hydrogen-bond acceptors (Lipinski definition) is 3. The third kappa shape index (κ3) is 2.42. The Hall–Kier alpha value is -1.55. The summed E-state index contributed by atoms with van der Waals surface area (Å²) in [5.74, 6) is 0.527. The first-order chi connectivity index (χ1) is 8.11. The van der Waals surface area contributed by atoms with Crippen LogP contribution < -0.4 is 10.1 Å². The minimum absolute atomic E-state index is 0.148. The summed E-state index contributed by atoms with van der Waals surface area (Å²) in [7, 11) is 1.58. The first-order valence-corrected chi connectivity index (χ1v) is 5.81. The predicted octanol–water partition coefficient (Wildman–Crippen LogP) is 1.18. The fraction of sp³-hybridized carbons (Fsp3) is 0.462. The second-order valence-corrected chi connectivity index (χ2v) is 4.29. The molecular formula is C13H17NO3. The maximum absolute atomic E-state index is 11.3. The lowest BCUT2D eigenvalue weighted by molar-refractivity contribution is -0.126. The molecule has 2 rings (SSSR count). The van der Waals surface area contributed by atoms with E-state index in [0.29, 0.717) is 5.75 Å². The number of aryl methyl sites for hydroxylation is 1. The summed E-state index contributed by atoms with van der Waals surface area (Å²) >= 11 is 0. The van der Waals surface area contributed by atoms with Gasteiger partial charge in [-0.3, -0.25) is 4.79 Å². The number of hydrogen-bond donors (Lipinski definition) is 2. The van der Waals surface area contributed by atoms with Crippen molar-refractivity contribution in [1.82, 2.24) is 5.32 Å². The molecule has 92 valence electrons. The topological polar surface area (TPSA) is 58.6 Å². The molecule has 4 heteroatoms. The minimum atomic E-state index is -0.510. The lowest BCUT2D eigenvalue weighted by Gasteiger charge is -2.14. The fourth-order valence-electron chi connectivity index (χ4n) is 2.11. The summed E-state index contributed by atoms with van der Waals surface area (Å²) in [4.78, 5) is 11.3. The maximum Gasteiger partial charge on any atom is 0.260 e. The Morgan fingerprint density at radius 2 is 2.35 bits per heavy atom. The van der Waals surface area contributed by atoms with E-state index in [1.165, 1.54) is 0 Å². The highest BCUT2D eigenvalue weighted by molar-refractivity contribution is 5.80. The highest BCUT2D eigenvalue weighted by Crippen LogP contribution is 2.33. The van der Waals surface area contributed by atoms with Crippen LogP contribution in [0, 0.1) is 0 Å². The van der Waals surface area contributed by atoms with Gasteiger partial charge in [0.1, 0.15) is 5.75 Å². The molecule has 17 heavy (non-hydrogen) atoms. The number of ether oxygens (including phenoxy) is 1. The molecular weight excluding hydrogens is 218 g/mol. The molecule has 0 aromatic heterocycles. The molecule has 2 N–H and O–H groups in total. The number of nitrogens with one attached hydrogen (secondary N) is 1. The zero-order valence-corrected chi connectivity index (χ0v) is 10.1. The van der Waals surface area contributed by atoms with Crippen molar-refractivity contribution in [1.29, 1.82) is 0 Å². The first kappa shape index (κ1) is 11.9. The fourth-order valence-corrected chi connectivity index (χ4v) is 2.11. The normalized spacial score (nSPS) is 19.6. The van der Waals surface area contributed by atoms with E-state index in [-0.39, 0.29) is 12.0 Å². The number of aliphatic hydroxyl groups excluding tert-OH is 1. The van der Waals surface area contributed by atoms with Crippen LogP contribution in [0.1, 0.15) is 30.6 Å². The Labute approximate surface area is 101 Å². The summed E-state index contributed by atoms with van der Waals surface area (Å²) in [5, 5.41) is 12.2. The Kier molecular flexibility index (Phi) is 3.33. The largest absolute Gasteiger partial charge is 0.481 e. The molecule has 1 aliphatic carbocycles. The number of rotatable bonds is 3. The lowest BCUT2D eigenvalue weighted by Crippen LogP contribution is -2.33. The van der Waals surface area contributed by atoms with Crippen molar-refractivity contribution in [3.05, 3.63) is 29.3 Å². The Morgan fingerprint density at radius 3 is 3.06 bits per heavy atom. The van der Waals surface area contributed by atoms with Crippen LogP contribution in [0.4, 0.5) is 0 Å². The van der Waals surface area contributed by atoms with Gasteiger partial charge in [0.05, 0.1) is 6.10 Å². The number of carbonyl (C=O) groups is 1. The van der Waals surface area contributed by atoms with Gasteiger partial charge in [-0.05, 0) is 43.0 Å². The van der Waals surface area contributed by atoms with E-state index < -0.39 is 6.10 Å². The molecule has 2 unspecified atom stereocenters. The van der Waals surface area contributed by atoms with Crippen molar-refractivity contribution in [3.8, 4) is 5.75 Å². The van der Waals surface area contributed by atoms with E-state index in [1.807, 2.05) is 12.1 Å². The zero-order valence-electron chi connectivity index (χ0n) is 10.1. The van der Waals surface area contributed by atoms with Crippen LogP contribution in [0.3, 0.4) is 0 Å². The van der Waals surface area contributed by atoms with Crippen LogP contribution in [0.15, 0.2) is 18.2 Å². The molecule has 0 saturated heterocycles.